The molecule has 0 bridgehead atoms. The van der Waals surface area contributed by atoms with Crippen LogP contribution in [0.3, 0.4) is 0 Å². The number of benzene rings is 1. The summed E-state index contributed by atoms with van der Waals surface area (Å²) in [6.07, 6.45) is 3.45. The van der Waals surface area contributed by atoms with Crippen molar-refractivity contribution in [2.24, 2.45) is 0 Å². The summed E-state index contributed by atoms with van der Waals surface area (Å²) in [7, 11) is 1.67. The summed E-state index contributed by atoms with van der Waals surface area (Å²) >= 11 is 0. The van der Waals surface area contributed by atoms with Crippen LogP contribution < -0.4 is 9.64 Å². The van der Waals surface area contributed by atoms with E-state index < -0.39 is 0 Å². The summed E-state index contributed by atoms with van der Waals surface area (Å²) in [5.41, 5.74) is 3.22. The Morgan fingerprint density at radius 1 is 1.11 bits per heavy atom. The molecule has 7 heteroatoms. The molecule has 0 saturated carbocycles. The van der Waals surface area contributed by atoms with Crippen LogP contribution >= 0.6 is 0 Å². The molecule has 0 atom stereocenters. The number of carbonyl (C=O) groups is 1. The second-order valence-corrected chi connectivity index (χ2v) is 6.39. The molecule has 1 aliphatic rings. The van der Waals surface area contributed by atoms with Gasteiger partial charge in [-0.1, -0.05) is 6.07 Å². The van der Waals surface area contributed by atoms with E-state index in [2.05, 4.69) is 26.1 Å². The normalized spacial score (nSPS) is 14.3. The number of aromatic nitrogens is 3. The summed E-state index contributed by atoms with van der Waals surface area (Å²) in [6.45, 7) is 2.89. The average Bonchev–Trinajstić information content (AvgIpc) is 3.24. The predicted molar refractivity (Wildman–Crippen MR) is 103 cm³/mol. The minimum Gasteiger partial charge on any atom is -0.497 e. The van der Waals surface area contributed by atoms with Gasteiger partial charge in [0.2, 0.25) is 0 Å². The molecule has 0 spiro atoms. The van der Waals surface area contributed by atoms with Crippen molar-refractivity contribution < 1.29 is 9.53 Å². The van der Waals surface area contributed by atoms with E-state index in [0.29, 0.717) is 18.8 Å². The van der Waals surface area contributed by atoms with Crippen LogP contribution in [0.25, 0.3) is 11.3 Å². The Balaban J connectivity index is 1.41. The zero-order valence-electron chi connectivity index (χ0n) is 15.1. The number of aromatic amines is 1. The minimum absolute atomic E-state index is 0.0251. The standard InChI is InChI=1S/C20H21N5O2/c1-27-17-6-2-5-16(12-17)24-8-10-25(11-9-24)20(26)19-13-18(22-23-19)15-4-3-7-21-14-15/h2-7,12-14H,8-11H2,1H3,(H,22,23). The number of carbonyl (C=O) groups excluding carboxylic acids is 1. The van der Waals surface area contributed by atoms with Crippen LogP contribution in [0.4, 0.5) is 5.69 Å². The zero-order valence-corrected chi connectivity index (χ0v) is 15.1. The first-order valence-electron chi connectivity index (χ1n) is 8.88. The molecule has 0 aliphatic carbocycles. The Hall–Kier alpha value is -3.35. The summed E-state index contributed by atoms with van der Waals surface area (Å²) in [5, 5.41) is 7.11. The number of amides is 1. The molecule has 1 aromatic carbocycles. The quantitative estimate of drug-likeness (QED) is 0.771. The molecular weight excluding hydrogens is 342 g/mol. The summed E-state index contributed by atoms with van der Waals surface area (Å²) in [6, 6.07) is 13.6. The fourth-order valence-electron chi connectivity index (χ4n) is 3.24. The van der Waals surface area contributed by atoms with Gasteiger partial charge in [0.25, 0.3) is 5.91 Å². The van der Waals surface area contributed by atoms with E-state index in [1.165, 1.54) is 0 Å². The van der Waals surface area contributed by atoms with E-state index in [4.69, 9.17) is 4.74 Å². The third kappa shape index (κ3) is 3.62. The number of piperazine rings is 1. The fourth-order valence-corrected chi connectivity index (χ4v) is 3.24. The van der Waals surface area contributed by atoms with Gasteiger partial charge in [-0.2, -0.15) is 5.10 Å². The van der Waals surface area contributed by atoms with Gasteiger partial charge in [-0.15, -0.1) is 0 Å². The molecule has 1 saturated heterocycles. The van der Waals surface area contributed by atoms with E-state index in [-0.39, 0.29) is 5.91 Å². The Bertz CT molecular complexity index is 917. The monoisotopic (exact) mass is 363 g/mol. The highest BCUT2D eigenvalue weighted by Gasteiger charge is 2.24. The van der Waals surface area contributed by atoms with Crippen LogP contribution in [0, 0.1) is 0 Å². The topological polar surface area (TPSA) is 74.3 Å². The molecule has 7 nitrogen and oxygen atoms in total. The van der Waals surface area contributed by atoms with Gasteiger partial charge in [-0.25, -0.2) is 0 Å². The first-order valence-corrected chi connectivity index (χ1v) is 8.88. The van der Waals surface area contributed by atoms with Crippen LogP contribution in [0.2, 0.25) is 0 Å². The predicted octanol–water partition coefficient (Wildman–Crippen LogP) is 2.44. The van der Waals surface area contributed by atoms with Gasteiger partial charge in [0.05, 0.1) is 12.8 Å². The second-order valence-electron chi connectivity index (χ2n) is 6.39. The molecule has 138 valence electrons. The molecule has 3 heterocycles. The van der Waals surface area contributed by atoms with Crippen molar-refractivity contribution in [1.82, 2.24) is 20.1 Å². The second kappa shape index (κ2) is 7.49. The number of ether oxygens (including phenoxy) is 1. The van der Waals surface area contributed by atoms with E-state index in [9.17, 15) is 4.79 Å². The smallest absolute Gasteiger partial charge is 0.272 e. The van der Waals surface area contributed by atoms with Crippen molar-refractivity contribution in [3.63, 3.8) is 0 Å². The first-order chi connectivity index (χ1) is 13.2. The highest BCUT2D eigenvalue weighted by molar-refractivity contribution is 5.93. The van der Waals surface area contributed by atoms with Gasteiger partial charge in [0.15, 0.2) is 0 Å². The fraction of sp³-hybridized carbons (Fsp3) is 0.250. The molecule has 27 heavy (non-hydrogen) atoms. The maximum Gasteiger partial charge on any atom is 0.272 e. The van der Waals surface area contributed by atoms with Crippen molar-refractivity contribution in [3.05, 3.63) is 60.6 Å². The van der Waals surface area contributed by atoms with Crippen molar-refractivity contribution in [1.29, 1.82) is 0 Å². The lowest BCUT2D eigenvalue weighted by atomic mass is 10.2. The lowest BCUT2D eigenvalue weighted by Gasteiger charge is -2.36. The van der Waals surface area contributed by atoms with Crippen LogP contribution in [0.15, 0.2) is 54.9 Å². The molecule has 0 radical (unpaired) electrons. The Morgan fingerprint density at radius 2 is 1.96 bits per heavy atom. The largest absolute Gasteiger partial charge is 0.497 e. The number of methoxy groups -OCH3 is 1. The number of H-pyrrole nitrogens is 1. The van der Waals surface area contributed by atoms with Crippen molar-refractivity contribution >= 4 is 11.6 Å². The van der Waals surface area contributed by atoms with Gasteiger partial charge in [-0.05, 0) is 30.3 Å². The number of hydrogen-bond donors (Lipinski definition) is 1. The molecular formula is C20H21N5O2. The number of anilines is 1. The lowest BCUT2D eigenvalue weighted by Crippen LogP contribution is -2.48. The molecule has 2 aromatic heterocycles. The van der Waals surface area contributed by atoms with Crippen LogP contribution in [-0.2, 0) is 0 Å². The Kier molecular flexibility index (Phi) is 4.74. The first kappa shape index (κ1) is 17.1. The minimum atomic E-state index is -0.0251. The van der Waals surface area contributed by atoms with Crippen LogP contribution in [0.1, 0.15) is 10.5 Å². The number of pyridine rings is 1. The van der Waals surface area contributed by atoms with Crippen molar-refractivity contribution in [2.45, 2.75) is 0 Å². The number of hydrogen-bond acceptors (Lipinski definition) is 5. The lowest BCUT2D eigenvalue weighted by molar-refractivity contribution is 0.0741. The number of nitrogens with one attached hydrogen (secondary N) is 1. The van der Waals surface area contributed by atoms with E-state index >= 15 is 0 Å². The zero-order chi connectivity index (χ0) is 18.6. The van der Waals surface area contributed by atoms with Gasteiger partial charge in [-0.3, -0.25) is 14.9 Å². The van der Waals surface area contributed by atoms with Crippen LogP contribution in [0.5, 0.6) is 5.75 Å². The van der Waals surface area contributed by atoms with Gasteiger partial charge in [0.1, 0.15) is 11.4 Å². The van der Waals surface area contributed by atoms with Gasteiger partial charge in [0, 0.05) is 55.9 Å². The Morgan fingerprint density at radius 3 is 2.70 bits per heavy atom. The third-order valence-electron chi connectivity index (χ3n) is 4.75. The third-order valence-corrected chi connectivity index (χ3v) is 4.75. The van der Waals surface area contributed by atoms with Gasteiger partial charge < -0.3 is 14.5 Å². The number of nitrogens with zero attached hydrogens (tertiary/aromatic N) is 4. The van der Waals surface area contributed by atoms with Crippen molar-refractivity contribution in [2.75, 3.05) is 38.2 Å². The molecule has 1 aliphatic heterocycles. The van der Waals surface area contributed by atoms with Gasteiger partial charge >= 0.3 is 0 Å². The molecule has 0 unspecified atom stereocenters. The van der Waals surface area contributed by atoms with E-state index in [1.54, 1.807) is 25.6 Å². The molecule has 1 N–H and O–H groups in total. The number of rotatable bonds is 4. The SMILES string of the molecule is COc1cccc(N2CCN(C(=O)c3cc(-c4cccnc4)n[nH]3)CC2)c1. The summed E-state index contributed by atoms with van der Waals surface area (Å²) < 4.78 is 5.29. The molecule has 1 fully saturated rings. The van der Waals surface area contributed by atoms with Crippen molar-refractivity contribution in [3.8, 4) is 17.0 Å². The highest BCUT2D eigenvalue weighted by Crippen LogP contribution is 2.23. The van der Waals surface area contributed by atoms with E-state index in [1.807, 2.05) is 35.2 Å². The maximum absolute atomic E-state index is 12.8. The summed E-state index contributed by atoms with van der Waals surface area (Å²) in [4.78, 5) is 21.0. The highest BCUT2D eigenvalue weighted by atomic mass is 16.5. The molecule has 1 amide bonds. The molecule has 4 rings (SSSR count). The van der Waals surface area contributed by atoms with Crippen LogP contribution in [-0.4, -0.2) is 59.3 Å². The summed E-state index contributed by atoms with van der Waals surface area (Å²) in [5.74, 6) is 0.814. The molecule has 3 aromatic rings. The maximum atomic E-state index is 12.8. The average molecular weight is 363 g/mol. The Labute approximate surface area is 157 Å². The van der Waals surface area contributed by atoms with E-state index in [0.717, 1.165) is 35.8 Å².